The highest BCUT2D eigenvalue weighted by Crippen LogP contribution is 2.28. The van der Waals surface area contributed by atoms with Crippen LogP contribution in [0.25, 0.3) is 0 Å². The number of rotatable bonds is 4. The number of carbonyl (C=O) groups excluding carboxylic acids is 1. The maximum absolute atomic E-state index is 13.7. The molecular formula is C15H13ClFNO3. The summed E-state index contributed by atoms with van der Waals surface area (Å²) in [4.78, 5) is 11.4. The van der Waals surface area contributed by atoms with E-state index in [-0.39, 0.29) is 28.6 Å². The largest absolute Gasteiger partial charge is 0.506 e. The van der Waals surface area contributed by atoms with Crippen LogP contribution in [-0.4, -0.2) is 18.2 Å². The summed E-state index contributed by atoms with van der Waals surface area (Å²) in [7, 11) is 1.25. The molecule has 0 bridgehead atoms. The third-order valence-electron chi connectivity index (χ3n) is 2.93. The summed E-state index contributed by atoms with van der Waals surface area (Å²) in [6.45, 7) is 0.161. The average Bonchev–Trinajstić information content (AvgIpc) is 2.49. The smallest absolute Gasteiger partial charge is 0.337 e. The lowest BCUT2D eigenvalue weighted by Gasteiger charge is -2.11. The molecule has 0 aliphatic rings. The van der Waals surface area contributed by atoms with E-state index in [2.05, 4.69) is 10.1 Å². The van der Waals surface area contributed by atoms with E-state index in [0.717, 1.165) is 0 Å². The van der Waals surface area contributed by atoms with Gasteiger partial charge in [0.2, 0.25) is 0 Å². The van der Waals surface area contributed by atoms with Crippen molar-refractivity contribution in [3.8, 4) is 5.75 Å². The Morgan fingerprint density at radius 1 is 1.38 bits per heavy atom. The van der Waals surface area contributed by atoms with Crippen molar-refractivity contribution in [1.29, 1.82) is 0 Å². The van der Waals surface area contributed by atoms with Crippen molar-refractivity contribution in [1.82, 2.24) is 0 Å². The van der Waals surface area contributed by atoms with Crippen molar-refractivity contribution in [2.75, 3.05) is 12.4 Å². The fraction of sp³-hybridized carbons (Fsp3) is 0.133. The van der Waals surface area contributed by atoms with E-state index in [1.165, 1.54) is 25.3 Å². The second-order valence-electron chi connectivity index (χ2n) is 4.29. The van der Waals surface area contributed by atoms with Crippen LogP contribution in [0.1, 0.15) is 15.9 Å². The summed E-state index contributed by atoms with van der Waals surface area (Å²) < 4.78 is 18.3. The Bertz CT molecular complexity index is 676. The van der Waals surface area contributed by atoms with Gasteiger partial charge >= 0.3 is 5.97 Å². The molecule has 21 heavy (non-hydrogen) atoms. The second-order valence-corrected chi connectivity index (χ2v) is 4.69. The van der Waals surface area contributed by atoms with Crippen molar-refractivity contribution < 1.29 is 19.0 Å². The number of halogens is 2. The molecule has 4 nitrogen and oxygen atoms in total. The summed E-state index contributed by atoms with van der Waals surface area (Å²) in [5.41, 5.74) is 0.888. The zero-order valence-corrected chi connectivity index (χ0v) is 11.9. The standard InChI is InChI=1S/C15H13ClFNO3/c1-21-15(20)9-5-6-12(17)13(7-9)18-8-10-3-2-4-11(16)14(10)19/h2-7,18-19H,8H2,1H3. The number of phenolic OH excluding ortho intramolecular Hbond substituents is 1. The van der Waals surface area contributed by atoms with Crippen LogP contribution in [0.3, 0.4) is 0 Å². The number of ether oxygens (including phenoxy) is 1. The average molecular weight is 310 g/mol. The van der Waals surface area contributed by atoms with Crippen molar-refractivity contribution in [2.24, 2.45) is 0 Å². The van der Waals surface area contributed by atoms with Gasteiger partial charge in [-0.2, -0.15) is 0 Å². The van der Waals surface area contributed by atoms with Gasteiger partial charge in [-0.3, -0.25) is 0 Å². The Hall–Kier alpha value is -2.27. The molecule has 0 aromatic heterocycles. The number of methoxy groups -OCH3 is 1. The maximum Gasteiger partial charge on any atom is 0.337 e. The summed E-state index contributed by atoms with van der Waals surface area (Å²) in [6, 6.07) is 8.76. The van der Waals surface area contributed by atoms with Crippen molar-refractivity contribution in [3.05, 3.63) is 58.4 Å². The number of esters is 1. The molecule has 0 spiro atoms. The number of nitrogens with one attached hydrogen (secondary N) is 1. The van der Waals surface area contributed by atoms with Crippen LogP contribution in [-0.2, 0) is 11.3 Å². The van der Waals surface area contributed by atoms with Gasteiger partial charge in [0.25, 0.3) is 0 Å². The van der Waals surface area contributed by atoms with Gasteiger partial charge in [-0.25, -0.2) is 9.18 Å². The molecule has 0 heterocycles. The first kappa shape index (κ1) is 15.1. The van der Waals surface area contributed by atoms with Gasteiger partial charge in [-0.15, -0.1) is 0 Å². The number of phenols is 1. The maximum atomic E-state index is 13.7. The van der Waals surface area contributed by atoms with Gasteiger partial charge in [0, 0.05) is 12.1 Å². The molecule has 0 amide bonds. The Labute approximate surface area is 126 Å². The van der Waals surface area contributed by atoms with Crippen LogP contribution in [0, 0.1) is 5.82 Å². The molecular weight excluding hydrogens is 297 g/mol. The fourth-order valence-corrected chi connectivity index (χ4v) is 1.99. The molecule has 0 saturated heterocycles. The molecule has 0 atom stereocenters. The van der Waals surface area contributed by atoms with E-state index in [1.807, 2.05) is 0 Å². The number of benzene rings is 2. The third-order valence-corrected chi connectivity index (χ3v) is 3.23. The molecule has 0 saturated carbocycles. The number of aromatic hydroxyl groups is 1. The molecule has 2 aromatic carbocycles. The minimum atomic E-state index is -0.552. The zero-order chi connectivity index (χ0) is 15.4. The first-order valence-electron chi connectivity index (χ1n) is 6.11. The molecule has 0 aliphatic carbocycles. The highest BCUT2D eigenvalue weighted by Gasteiger charge is 2.11. The number of carbonyl (C=O) groups is 1. The van der Waals surface area contributed by atoms with Crippen LogP contribution in [0.2, 0.25) is 5.02 Å². The quantitative estimate of drug-likeness (QED) is 0.848. The number of para-hydroxylation sites is 1. The highest BCUT2D eigenvalue weighted by molar-refractivity contribution is 6.32. The van der Waals surface area contributed by atoms with Crippen molar-refractivity contribution in [3.63, 3.8) is 0 Å². The van der Waals surface area contributed by atoms with Crippen LogP contribution < -0.4 is 5.32 Å². The summed E-state index contributed by atoms with van der Waals surface area (Å²) in [5, 5.41) is 12.8. The Balaban J connectivity index is 2.19. The number of anilines is 1. The summed E-state index contributed by atoms with van der Waals surface area (Å²) in [5.74, 6) is -1.12. The van der Waals surface area contributed by atoms with E-state index >= 15 is 0 Å². The van der Waals surface area contributed by atoms with Gasteiger partial charge in [0.1, 0.15) is 11.6 Å². The summed E-state index contributed by atoms with van der Waals surface area (Å²) >= 11 is 5.80. The van der Waals surface area contributed by atoms with Gasteiger partial charge in [0.05, 0.1) is 23.4 Å². The Morgan fingerprint density at radius 3 is 2.86 bits per heavy atom. The second kappa shape index (κ2) is 6.45. The molecule has 2 aromatic rings. The predicted octanol–water partition coefficient (Wildman–Crippen LogP) is 3.58. The molecule has 0 unspecified atom stereocenters. The minimum Gasteiger partial charge on any atom is -0.506 e. The zero-order valence-electron chi connectivity index (χ0n) is 11.2. The van der Waals surface area contributed by atoms with E-state index in [1.54, 1.807) is 18.2 Å². The van der Waals surface area contributed by atoms with Gasteiger partial charge in [0.15, 0.2) is 0 Å². The minimum absolute atomic E-state index is 0.0591. The molecule has 0 fully saturated rings. The van der Waals surface area contributed by atoms with E-state index < -0.39 is 11.8 Å². The molecule has 2 N–H and O–H groups in total. The molecule has 2 rings (SSSR count). The monoisotopic (exact) mass is 309 g/mol. The lowest BCUT2D eigenvalue weighted by molar-refractivity contribution is 0.0600. The summed E-state index contributed by atoms with van der Waals surface area (Å²) in [6.07, 6.45) is 0. The number of hydrogen-bond acceptors (Lipinski definition) is 4. The Morgan fingerprint density at radius 2 is 2.14 bits per heavy atom. The molecule has 110 valence electrons. The fourth-order valence-electron chi connectivity index (χ4n) is 1.80. The van der Waals surface area contributed by atoms with Crippen LogP contribution >= 0.6 is 11.6 Å². The topological polar surface area (TPSA) is 58.6 Å². The first-order chi connectivity index (χ1) is 10.0. The molecule has 0 aliphatic heterocycles. The van der Waals surface area contributed by atoms with Gasteiger partial charge in [-0.1, -0.05) is 23.7 Å². The van der Waals surface area contributed by atoms with Crippen molar-refractivity contribution in [2.45, 2.75) is 6.54 Å². The van der Waals surface area contributed by atoms with E-state index in [9.17, 15) is 14.3 Å². The van der Waals surface area contributed by atoms with Crippen LogP contribution in [0.4, 0.5) is 10.1 Å². The SMILES string of the molecule is COC(=O)c1ccc(F)c(NCc2cccc(Cl)c2O)c1. The molecule has 0 radical (unpaired) electrons. The first-order valence-corrected chi connectivity index (χ1v) is 6.49. The molecule has 6 heteroatoms. The van der Waals surface area contributed by atoms with Crippen molar-refractivity contribution >= 4 is 23.3 Å². The van der Waals surface area contributed by atoms with E-state index in [0.29, 0.717) is 5.56 Å². The van der Waals surface area contributed by atoms with E-state index in [4.69, 9.17) is 11.6 Å². The van der Waals surface area contributed by atoms with Gasteiger partial charge < -0.3 is 15.2 Å². The van der Waals surface area contributed by atoms with Gasteiger partial charge in [-0.05, 0) is 24.3 Å². The number of hydrogen-bond donors (Lipinski definition) is 2. The predicted molar refractivity (Wildman–Crippen MR) is 78.2 cm³/mol. The van der Waals surface area contributed by atoms with Crippen LogP contribution in [0.15, 0.2) is 36.4 Å². The third kappa shape index (κ3) is 3.44. The normalized spacial score (nSPS) is 10.2. The highest BCUT2D eigenvalue weighted by atomic mass is 35.5. The lowest BCUT2D eigenvalue weighted by Crippen LogP contribution is -2.06. The lowest BCUT2D eigenvalue weighted by atomic mass is 10.1. The Kier molecular flexibility index (Phi) is 4.65. The van der Waals surface area contributed by atoms with Crippen LogP contribution in [0.5, 0.6) is 5.75 Å².